The molecule has 3 aliphatic rings. The molecule has 0 aromatic heterocycles. The van der Waals surface area contributed by atoms with Crippen LogP contribution in [0.15, 0.2) is 132 Å². The molecule has 1 heterocycles. The van der Waals surface area contributed by atoms with Gasteiger partial charge in [-0.05, 0) is 0 Å². The molecule has 6 aromatic carbocycles. The van der Waals surface area contributed by atoms with Gasteiger partial charge in [0, 0.05) is 0 Å². The summed E-state index contributed by atoms with van der Waals surface area (Å²) >= 11 is -3.52. The summed E-state index contributed by atoms with van der Waals surface area (Å²) in [5.41, 5.74) is 20.1. The van der Waals surface area contributed by atoms with Crippen LogP contribution in [0.25, 0.3) is 34.4 Å². The van der Waals surface area contributed by atoms with Gasteiger partial charge in [0.1, 0.15) is 0 Å². The summed E-state index contributed by atoms with van der Waals surface area (Å²) in [5, 5.41) is 6.32. The van der Waals surface area contributed by atoms with Crippen molar-refractivity contribution in [1.29, 1.82) is 0 Å². The Labute approximate surface area is 395 Å². The fraction of sp³-hybridized carbons (Fsp3) is 0.322. The van der Waals surface area contributed by atoms with Gasteiger partial charge in [0.05, 0.1) is 0 Å². The minimum atomic E-state index is -3.52. The zero-order valence-electron chi connectivity index (χ0n) is 41.9. The Morgan fingerprint density at radius 2 is 0.719 bits per heavy atom. The van der Waals surface area contributed by atoms with Crippen molar-refractivity contribution >= 4 is 65.2 Å². The summed E-state index contributed by atoms with van der Waals surface area (Å²) in [4.78, 5) is 0. The number of hydrogen-bond acceptors (Lipinski definition) is 0. The van der Waals surface area contributed by atoms with E-state index >= 15 is 0 Å². The topological polar surface area (TPSA) is 0 Å². The zero-order valence-corrected chi connectivity index (χ0v) is 49.4. The first-order valence-corrected chi connectivity index (χ1v) is 49.3. The summed E-state index contributed by atoms with van der Waals surface area (Å²) in [7, 11) is -6.39. The van der Waals surface area contributed by atoms with Crippen molar-refractivity contribution in [2.75, 3.05) is 0 Å². The summed E-state index contributed by atoms with van der Waals surface area (Å²) in [6.45, 7) is 34.7. The summed E-state index contributed by atoms with van der Waals surface area (Å²) in [6.07, 6.45) is 5.51. The third-order valence-corrected chi connectivity index (χ3v) is 38.6. The SMILES string of the molecule is Cc1ccc(C2(c3ccc(C)cc3)C3=Cc4c(-c5cc([Si](C)(C)C)cc([Si](C)(C)C)c5)cccc4[CH]3[Hf]([CH3])([CH3])[CH]3C2=Cc2c(-c4cc([Si](C)(C)C)cc([Si](C)(C)C)c4)cccc23)cc1. The summed E-state index contributed by atoms with van der Waals surface area (Å²) in [5.74, 6) is 0. The van der Waals surface area contributed by atoms with Crippen LogP contribution in [-0.2, 0) is 25.4 Å². The monoisotopic (exact) mass is 1070 g/mol. The average molecular weight is 1070 g/mol. The Balaban J connectivity index is 1.38. The van der Waals surface area contributed by atoms with E-state index in [1.54, 1.807) is 43.0 Å². The molecule has 1 saturated heterocycles. The van der Waals surface area contributed by atoms with Crippen molar-refractivity contribution in [3.8, 4) is 22.3 Å². The number of benzene rings is 6. The van der Waals surface area contributed by atoms with Gasteiger partial charge in [-0.15, -0.1) is 0 Å². The summed E-state index contributed by atoms with van der Waals surface area (Å²) < 4.78 is 6.50. The van der Waals surface area contributed by atoms with E-state index in [1.807, 2.05) is 0 Å². The first kappa shape index (κ1) is 45.7. The predicted octanol–water partition coefficient (Wildman–Crippen LogP) is 14.6. The van der Waals surface area contributed by atoms with E-state index < -0.39 is 57.7 Å². The Hall–Kier alpha value is -3.46. The molecular formula is C59H72HfSi4. The quantitative estimate of drug-likeness (QED) is 0.133. The van der Waals surface area contributed by atoms with Crippen LogP contribution in [0.1, 0.15) is 51.9 Å². The van der Waals surface area contributed by atoms with Crippen LogP contribution < -0.4 is 20.7 Å². The van der Waals surface area contributed by atoms with Crippen LogP contribution in [-0.4, -0.2) is 32.3 Å². The van der Waals surface area contributed by atoms with E-state index in [9.17, 15) is 0 Å². The molecule has 0 bridgehead atoms. The molecule has 0 amide bonds. The predicted molar refractivity (Wildman–Crippen MR) is 292 cm³/mol. The molecule has 2 aliphatic carbocycles. The number of allylic oxidation sites excluding steroid dienone is 2. The normalized spacial score (nSPS) is 18.8. The minimum absolute atomic E-state index is 0.423. The molecular weight excluding hydrogens is 999 g/mol. The van der Waals surface area contributed by atoms with Gasteiger partial charge >= 0.3 is 399 Å². The number of aryl methyl sites for hydroxylation is 2. The molecule has 5 heteroatoms. The van der Waals surface area contributed by atoms with Crippen molar-refractivity contribution in [2.45, 2.75) is 115 Å². The van der Waals surface area contributed by atoms with E-state index in [-0.39, 0.29) is 0 Å². The van der Waals surface area contributed by atoms with Crippen molar-refractivity contribution in [3.63, 3.8) is 0 Å². The fourth-order valence-corrected chi connectivity index (χ4v) is 33.3. The van der Waals surface area contributed by atoms with Crippen molar-refractivity contribution in [1.82, 2.24) is 0 Å². The average Bonchev–Trinajstić information content (AvgIpc) is 3.82. The van der Waals surface area contributed by atoms with Crippen LogP contribution in [0.3, 0.4) is 0 Å². The van der Waals surface area contributed by atoms with E-state index in [0.29, 0.717) is 7.35 Å². The second kappa shape index (κ2) is 15.6. The second-order valence-corrected chi connectivity index (χ2v) is 62.1. The van der Waals surface area contributed by atoms with E-state index in [1.165, 1.54) is 55.6 Å². The van der Waals surface area contributed by atoms with Gasteiger partial charge in [0.2, 0.25) is 0 Å². The van der Waals surface area contributed by atoms with E-state index in [0.717, 1.165) is 0 Å². The molecule has 64 heavy (non-hydrogen) atoms. The molecule has 6 aromatic rings. The molecule has 2 unspecified atom stereocenters. The maximum absolute atomic E-state index is 3.52. The van der Waals surface area contributed by atoms with Crippen LogP contribution in [0, 0.1) is 13.8 Å². The molecule has 0 saturated carbocycles. The van der Waals surface area contributed by atoms with Crippen LogP contribution in [0.5, 0.6) is 0 Å². The Morgan fingerprint density at radius 3 is 1.02 bits per heavy atom. The molecule has 328 valence electrons. The first-order valence-electron chi connectivity index (χ1n) is 24.0. The van der Waals surface area contributed by atoms with Crippen molar-refractivity contribution < 1.29 is 20.0 Å². The van der Waals surface area contributed by atoms with E-state index in [2.05, 4.69) is 235 Å². The van der Waals surface area contributed by atoms with Gasteiger partial charge in [-0.2, -0.15) is 0 Å². The standard InChI is InChI=1S/C57H66Si4.2CH3.Hf/c1-39-21-25-45(26-22-39)57(46-27-23-40(2)24-28-46,47-29-41-17-15-19-53(55(41)35-47)43-31-49(58(3,4)5)37-50(32-43)59(6,7)8)48-30-42-18-16-20-54(56(42)36-48)44-33-51(60(9,10)11)38-52(34-44)61(12,13)14;;;/h15-38H,1-14H3;2*1H3;. The van der Waals surface area contributed by atoms with Gasteiger partial charge in [-0.25, -0.2) is 0 Å². The van der Waals surface area contributed by atoms with Crippen molar-refractivity contribution in [2.24, 2.45) is 0 Å². The molecule has 9 rings (SSSR count). The Morgan fingerprint density at radius 1 is 0.406 bits per heavy atom. The molecule has 1 aliphatic heterocycles. The van der Waals surface area contributed by atoms with Crippen LogP contribution >= 0.6 is 0 Å². The molecule has 0 N–H and O–H groups in total. The van der Waals surface area contributed by atoms with Crippen LogP contribution in [0.4, 0.5) is 0 Å². The van der Waals surface area contributed by atoms with Gasteiger partial charge in [-0.3, -0.25) is 0 Å². The molecule has 0 radical (unpaired) electrons. The molecule has 0 nitrogen and oxygen atoms in total. The third kappa shape index (κ3) is 7.52. The van der Waals surface area contributed by atoms with Crippen molar-refractivity contribution in [3.05, 3.63) is 177 Å². The zero-order chi connectivity index (χ0) is 46.1. The van der Waals surface area contributed by atoms with Gasteiger partial charge in [0.15, 0.2) is 0 Å². The van der Waals surface area contributed by atoms with Gasteiger partial charge in [0.25, 0.3) is 0 Å². The van der Waals surface area contributed by atoms with Gasteiger partial charge < -0.3 is 0 Å². The van der Waals surface area contributed by atoms with E-state index in [4.69, 9.17) is 0 Å². The number of fused-ring (bicyclic) bond motifs is 6. The molecule has 2 atom stereocenters. The number of rotatable bonds is 8. The fourth-order valence-electron chi connectivity index (χ4n) is 11.6. The third-order valence-electron chi connectivity index (χ3n) is 15.4. The van der Waals surface area contributed by atoms with Crippen LogP contribution in [0.2, 0.25) is 87.9 Å². The Bertz CT molecular complexity index is 2640. The van der Waals surface area contributed by atoms with Gasteiger partial charge in [-0.1, -0.05) is 0 Å². The first-order chi connectivity index (χ1) is 29.8. The molecule has 1 fully saturated rings. The Kier molecular flexibility index (Phi) is 11.1. The maximum atomic E-state index is 2.83. The molecule has 0 spiro atoms. The summed E-state index contributed by atoms with van der Waals surface area (Å²) in [6, 6.07) is 49.9. The second-order valence-electron chi connectivity index (χ2n) is 24.6. The number of hydrogen-bond donors (Lipinski definition) is 0.